The van der Waals surface area contributed by atoms with E-state index in [9.17, 15) is 4.79 Å². The van der Waals surface area contributed by atoms with Crippen LogP contribution >= 0.6 is 34.8 Å². The van der Waals surface area contributed by atoms with Crippen LogP contribution in [0.5, 0.6) is 5.75 Å². The number of benzene rings is 2. The molecule has 0 saturated carbocycles. The molecule has 3 nitrogen and oxygen atoms in total. The van der Waals surface area contributed by atoms with Gasteiger partial charge in [-0.25, -0.2) is 4.79 Å². The summed E-state index contributed by atoms with van der Waals surface area (Å²) in [4.78, 5) is 11.2. The maximum absolute atomic E-state index is 11.2. The molecule has 20 heavy (non-hydrogen) atoms. The Morgan fingerprint density at radius 1 is 1.10 bits per heavy atom. The summed E-state index contributed by atoms with van der Waals surface area (Å²) in [6.07, 6.45) is 0. The van der Waals surface area contributed by atoms with Gasteiger partial charge in [-0.2, -0.15) is 0 Å². The molecular formula is C14H9Cl3O3. The Hall–Kier alpha value is -1.42. The number of hydrogen-bond acceptors (Lipinski definition) is 2. The minimum absolute atomic E-state index is 0.0791. The number of halogens is 3. The van der Waals surface area contributed by atoms with Gasteiger partial charge in [-0.15, -0.1) is 0 Å². The third-order valence-electron chi connectivity index (χ3n) is 2.51. The van der Waals surface area contributed by atoms with Crippen molar-refractivity contribution in [3.05, 3.63) is 62.6 Å². The monoisotopic (exact) mass is 330 g/mol. The Morgan fingerprint density at radius 3 is 2.50 bits per heavy atom. The van der Waals surface area contributed by atoms with E-state index in [0.717, 1.165) is 5.56 Å². The molecule has 6 heteroatoms. The van der Waals surface area contributed by atoms with Crippen LogP contribution in [0.4, 0.5) is 0 Å². The number of carboxylic acid groups (broad SMARTS) is 1. The molecule has 0 spiro atoms. The molecule has 2 rings (SSSR count). The minimum atomic E-state index is -1.16. The third kappa shape index (κ3) is 3.57. The van der Waals surface area contributed by atoms with Crippen LogP contribution in [0, 0.1) is 0 Å². The standard InChI is InChI=1S/C14H9Cl3O3/c15-9-3-1-2-8(4-9)7-20-13-11(14(18)19)5-10(16)6-12(13)17/h1-6H,7H2,(H,18,19). The lowest BCUT2D eigenvalue weighted by Crippen LogP contribution is -2.04. The molecule has 0 atom stereocenters. The van der Waals surface area contributed by atoms with Crippen molar-refractivity contribution in [2.75, 3.05) is 0 Å². The van der Waals surface area contributed by atoms with Crippen LogP contribution in [0.1, 0.15) is 15.9 Å². The highest BCUT2D eigenvalue weighted by atomic mass is 35.5. The van der Waals surface area contributed by atoms with Crippen molar-refractivity contribution in [3.8, 4) is 5.75 Å². The summed E-state index contributed by atoms with van der Waals surface area (Å²) in [6, 6.07) is 9.79. The quantitative estimate of drug-likeness (QED) is 0.864. The number of carboxylic acids is 1. The zero-order chi connectivity index (χ0) is 14.7. The van der Waals surface area contributed by atoms with Crippen molar-refractivity contribution >= 4 is 40.8 Å². The van der Waals surface area contributed by atoms with Gasteiger partial charge in [0.05, 0.1) is 5.02 Å². The number of carbonyl (C=O) groups is 1. The fraction of sp³-hybridized carbons (Fsp3) is 0.0714. The Bertz CT molecular complexity index is 656. The van der Waals surface area contributed by atoms with Gasteiger partial charge < -0.3 is 9.84 Å². The maximum Gasteiger partial charge on any atom is 0.339 e. The van der Waals surface area contributed by atoms with Crippen molar-refractivity contribution in [1.82, 2.24) is 0 Å². The highest BCUT2D eigenvalue weighted by molar-refractivity contribution is 6.36. The molecule has 0 amide bonds. The fourth-order valence-electron chi connectivity index (χ4n) is 1.65. The molecular weight excluding hydrogens is 323 g/mol. The fourth-order valence-corrected chi connectivity index (χ4v) is 2.41. The molecule has 0 saturated heterocycles. The Morgan fingerprint density at radius 2 is 1.85 bits per heavy atom. The third-order valence-corrected chi connectivity index (χ3v) is 3.25. The van der Waals surface area contributed by atoms with Gasteiger partial charge in [0.15, 0.2) is 5.75 Å². The summed E-state index contributed by atoms with van der Waals surface area (Å²) in [7, 11) is 0. The smallest absolute Gasteiger partial charge is 0.339 e. The molecule has 2 aromatic carbocycles. The summed E-state index contributed by atoms with van der Waals surface area (Å²) >= 11 is 17.6. The van der Waals surface area contributed by atoms with Gasteiger partial charge in [-0.05, 0) is 29.8 Å². The zero-order valence-corrected chi connectivity index (χ0v) is 12.3. The van der Waals surface area contributed by atoms with E-state index in [2.05, 4.69) is 0 Å². The Kier molecular flexibility index (Phi) is 4.76. The van der Waals surface area contributed by atoms with Gasteiger partial charge in [0.1, 0.15) is 12.2 Å². The van der Waals surface area contributed by atoms with Crippen LogP contribution in [-0.4, -0.2) is 11.1 Å². The molecule has 1 N–H and O–H groups in total. The maximum atomic E-state index is 11.2. The predicted molar refractivity (Wildman–Crippen MR) is 79.2 cm³/mol. The molecule has 104 valence electrons. The van der Waals surface area contributed by atoms with Crippen LogP contribution < -0.4 is 4.74 Å². The highest BCUT2D eigenvalue weighted by Crippen LogP contribution is 2.33. The second kappa shape index (κ2) is 6.35. The summed E-state index contributed by atoms with van der Waals surface area (Å²) in [5.74, 6) is -1.07. The topological polar surface area (TPSA) is 46.5 Å². The van der Waals surface area contributed by atoms with Crippen LogP contribution in [0.15, 0.2) is 36.4 Å². The van der Waals surface area contributed by atoms with E-state index in [4.69, 9.17) is 44.6 Å². The van der Waals surface area contributed by atoms with Crippen molar-refractivity contribution in [2.45, 2.75) is 6.61 Å². The lowest BCUT2D eigenvalue weighted by atomic mass is 10.2. The molecule has 2 aromatic rings. The second-order valence-electron chi connectivity index (χ2n) is 3.99. The van der Waals surface area contributed by atoms with Gasteiger partial charge in [0, 0.05) is 10.0 Å². The normalized spacial score (nSPS) is 10.3. The van der Waals surface area contributed by atoms with Crippen LogP contribution in [-0.2, 0) is 6.61 Å². The molecule has 0 unspecified atom stereocenters. The first kappa shape index (κ1) is 15.0. The van der Waals surface area contributed by atoms with Crippen molar-refractivity contribution in [1.29, 1.82) is 0 Å². The number of aromatic carboxylic acids is 1. The predicted octanol–water partition coefficient (Wildman–Crippen LogP) is 4.92. The van der Waals surface area contributed by atoms with E-state index in [1.54, 1.807) is 18.2 Å². The summed E-state index contributed by atoms with van der Waals surface area (Å²) in [5, 5.41) is 10.1. The van der Waals surface area contributed by atoms with Gasteiger partial charge >= 0.3 is 5.97 Å². The van der Waals surface area contributed by atoms with Crippen LogP contribution in [0.2, 0.25) is 15.1 Å². The molecule has 0 bridgehead atoms. The minimum Gasteiger partial charge on any atom is -0.486 e. The van der Waals surface area contributed by atoms with Gasteiger partial charge in [0.2, 0.25) is 0 Å². The first-order valence-electron chi connectivity index (χ1n) is 5.57. The second-order valence-corrected chi connectivity index (χ2v) is 5.27. The molecule has 0 aliphatic carbocycles. The highest BCUT2D eigenvalue weighted by Gasteiger charge is 2.16. The van der Waals surface area contributed by atoms with Crippen molar-refractivity contribution < 1.29 is 14.6 Å². The number of hydrogen-bond donors (Lipinski definition) is 1. The summed E-state index contributed by atoms with van der Waals surface area (Å²) in [5.41, 5.74) is 0.726. The van der Waals surface area contributed by atoms with Crippen molar-refractivity contribution in [2.24, 2.45) is 0 Å². The van der Waals surface area contributed by atoms with Gasteiger partial charge in [0.25, 0.3) is 0 Å². The zero-order valence-electron chi connectivity index (χ0n) is 10.1. The molecule has 0 fully saturated rings. The lowest BCUT2D eigenvalue weighted by molar-refractivity contribution is 0.0691. The van der Waals surface area contributed by atoms with Gasteiger partial charge in [-0.1, -0.05) is 46.9 Å². The van der Waals surface area contributed by atoms with Crippen LogP contribution in [0.3, 0.4) is 0 Å². The largest absolute Gasteiger partial charge is 0.486 e. The molecule has 0 radical (unpaired) electrons. The van der Waals surface area contributed by atoms with E-state index in [-0.39, 0.29) is 28.0 Å². The molecule has 0 heterocycles. The SMILES string of the molecule is O=C(O)c1cc(Cl)cc(Cl)c1OCc1cccc(Cl)c1. The molecule has 0 aliphatic rings. The summed E-state index contributed by atoms with van der Waals surface area (Å²) in [6.45, 7) is 0.155. The average molecular weight is 332 g/mol. The number of ether oxygens (including phenoxy) is 1. The van der Waals surface area contributed by atoms with Gasteiger partial charge in [-0.3, -0.25) is 0 Å². The number of rotatable bonds is 4. The van der Waals surface area contributed by atoms with E-state index in [1.165, 1.54) is 12.1 Å². The van der Waals surface area contributed by atoms with Crippen molar-refractivity contribution in [3.63, 3.8) is 0 Å². The van der Waals surface area contributed by atoms with E-state index in [1.807, 2.05) is 6.07 Å². The Labute approximate surface area is 130 Å². The lowest BCUT2D eigenvalue weighted by Gasteiger charge is -2.11. The Balaban J connectivity index is 2.27. The first-order chi connectivity index (χ1) is 9.47. The van der Waals surface area contributed by atoms with E-state index in [0.29, 0.717) is 5.02 Å². The van der Waals surface area contributed by atoms with E-state index >= 15 is 0 Å². The summed E-state index contributed by atoms with van der Waals surface area (Å²) < 4.78 is 5.50. The average Bonchev–Trinajstić information content (AvgIpc) is 2.36. The van der Waals surface area contributed by atoms with E-state index < -0.39 is 5.97 Å². The molecule has 0 aliphatic heterocycles. The molecule has 0 aromatic heterocycles. The first-order valence-corrected chi connectivity index (χ1v) is 6.70. The van der Waals surface area contributed by atoms with Crippen LogP contribution in [0.25, 0.3) is 0 Å².